The maximum Gasteiger partial charge on any atom is 0.420 e. The van der Waals surface area contributed by atoms with Gasteiger partial charge in [0.2, 0.25) is 0 Å². The van der Waals surface area contributed by atoms with Crippen molar-refractivity contribution >= 4 is 23.0 Å². The molecule has 40 heavy (non-hydrogen) atoms. The van der Waals surface area contributed by atoms with E-state index in [0.717, 1.165) is 25.5 Å². The van der Waals surface area contributed by atoms with E-state index in [0.29, 0.717) is 37.8 Å². The van der Waals surface area contributed by atoms with Gasteiger partial charge in [0.05, 0.1) is 12.0 Å². The zero-order chi connectivity index (χ0) is 29.1. The van der Waals surface area contributed by atoms with Gasteiger partial charge in [-0.2, -0.15) is 26.3 Å². The van der Waals surface area contributed by atoms with Crippen molar-refractivity contribution in [2.75, 3.05) is 19.6 Å². The average molecular weight is 574 g/mol. The van der Waals surface area contributed by atoms with Crippen LogP contribution >= 0.6 is 0 Å². The van der Waals surface area contributed by atoms with Gasteiger partial charge in [-0.15, -0.1) is 0 Å². The molecule has 1 saturated heterocycles. The number of carbonyl (C=O) groups is 2. The molecule has 0 amide bonds. The van der Waals surface area contributed by atoms with E-state index < -0.39 is 41.7 Å². The lowest BCUT2D eigenvalue weighted by Gasteiger charge is -2.32. The first-order valence-corrected chi connectivity index (χ1v) is 13.6. The van der Waals surface area contributed by atoms with E-state index in [9.17, 15) is 35.9 Å². The van der Waals surface area contributed by atoms with Gasteiger partial charge in [0.25, 0.3) is 0 Å². The number of rotatable bonds is 9. The highest BCUT2D eigenvalue weighted by Gasteiger charge is 2.43. The Hall–Kier alpha value is -2.82. The fourth-order valence-corrected chi connectivity index (χ4v) is 6.15. The molecule has 1 heterocycles. The summed E-state index contributed by atoms with van der Waals surface area (Å²) in [6.07, 6.45) is -6.70. The predicted octanol–water partition coefficient (Wildman–Crippen LogP) is 7.29. The fraction of sp³-hybridized carbons (Fsp3) is 0.586. The number of nitrogens with zero attached hydrogens (tertiary/aromatic N) is 1. The number of alkyl halides is 6. The van der Waals surface area contributed by atoms with Crippen LogP contribution in [-0.4, -0.2) is 54.2 Å². The van der Waals surface area contributed by atoms with Gasteiger partial charge in [0, 0.05) is 18.5 Å². The first-order chi connectivity index (χ1) is 18.9. The number of carbonyl (C=O) groups excluding carboxylic acids is 1. The molecule has 1 saturated carbocycles. The Balaban J connectivity index is 1.50. The molecule has 0 spiro atoms. The summed E-state index contributed by atoms with van der Waals surface area (Å²) in [7, 11) is 0. The monoisotopic (exact) mass is 573 g/mol. The van der Waals surface area contributed by atoms with Crippen molar-refractivity contribution < 1.29 is 45.8 Å². The number of carboxylic acids is 1. The molecule has 2 aliphatic rings. The number of aliphatic carboxylic acids is 1. The summed E-state index contributed by atoms with van der Waals surface area (Å²) in [5.74, 6) is -2.64. The molecule has 0 radical (unpaired) electrons. The minimum absolute atomic E-state index is 0.00606. The molecule has 1 unspecified atom stereocenters. The Morgan fingerprint density at radius 1 is 1.00 bits per heavy atom. The minimum atomic E-state index is -4.81. The number of benzene rings is 2. The van der Waals surface area contributed by atoms with Crippen molar-refractivity contribution in [1.29, 1.82) is 0 Å². The highest BCUT2D eigenvalue weighted by molar-refractivity contribution is 6.02. The van der Waals surface area contributed by atoms with Gasteiger partial charge in [-0.05, 0) is 98.8 Å². The predicted molar refractivity (Wildman–Crippen MR) is 137 cm³/mol. The molecule has 1 atom stereocenters. The highest BCUT2D eigenvalue weighted by Crippen LogP contribution is 2.44. The smallest absolute Gasteiger partial charge is 0.420 e. The van der Waals surface area contributed by atoms with Crippen LogP contribution < -0.4 is 4.74 Å². The second-order valence-electron chi connectivity index (χ2n) is 10.9. The summed E-state index contributed by atoms with van der Waals surface area (Å²) in [4.78, 5) is 25.3. The lowest BCUT2D eigenvalue weighted by atomic mass is 9.87. The molecule has 1 N–H and O–H groups in total. The van der Waals surface area contributed by atoms with Gasteiger partial charge >= 0.3 is 18.3 Å². The van der Waals surface area contributed by atoms with Crippen LogP contribution in [0, 0.1) is 11.8 Å². The third-order valence-electron chi connectivity index (χ3n) is 8.11. The Morgan fingerprint density at radius 3 is 2.33 bits per heavy atom. The fourth-order valence-electron chi connectivity index (χ4n) is 6.15. The summed E-state index contributed by atoms with van der Waals surface area (Å²) >= 11 is 0. The molecule has 0 aromatic heterocycles. The van der Waals surface area contributed by atoms with Crippen molar-refractivity contribution in [2.45, 2.75) is 76.2 Å². The van der Waals surface area contributed by atoms with Crippen LogP contribution in [0.25, 0.3) is 10.8 Å². The van der Waals surface area contributed by atoms with E-state index in [1.54, 1.807) is 0 Å². The number of fused-ring (bicyclic) bond motifs is 1. The number of aldehydes is 1. The Bertz CT molecular complexity index is 1200. The van der Waals surface area contributed by atoms with Crippen molar-refractivity contribution in [3.05, 3.63) is 41.0 Å². The summed E-state index contributed by atoms with van der Waals surface area (Å²) in [6.45, 7) is 2.22. The Kier molecular flexibility index (Phi) is 9.32. The number of carboxylic acid groups (broad SMARTS) is 1. The minimum Gasteiger partial charge on any atom is -0.490 e. The third-order valence-corrected chi connectivity index (χ3v) is 8.11. The van der Waals surface area contributed by atoms with E-state index >= 15 is 0 Å². The van der Waals surface area contributed by atoms with E-state index in [4.69, 9.17) is 9.84 Å². The second kappa shape index (κ2) is 12.4. The highest BCUT2D eigenvalue weighted by atomic mass is 19.4. The summed E-state index contributed by atoms with van der Waals surface area (Å²) < 4.78 is 87.3. The number of hydrogen-bond acceptors (Lipinski definition) is 4. The quantitative estimate of drug-likeness (QED) is 0.252. The van der Waals surface area contributed by atoms with E-state index in [1.807, 2.05) is 0 Å². The molecule has 0 bridgehead atoms. The molecule has 2 aromatic rings. The molecule has 220 valence electrons. The van der Waals surface area contributed by atoms with E-state index in [1.165, 1.54) is 18.2 Å². The summed E-state index contributed by atoms with van der Waals surface area (Å²) in [5.41, 5.74) is -0.244. The molecule has 2 fully saturated rings. The van der Waals surface area contributed by atoms with Crippen molar-refractivity contribution in [2.24, 2.45) is 11.8 Å². The zero-order valence-electron chi connectivity index (χ0n) is 22.0. The van der Waals surface area contributed by atoms with Crippen LogP contribution in [0.5, 0.6) is 5.75 Å². The summed E-state index contributed by atoms with van der Waals surface area (Å²) in [6, 6.07) is 5.42. The van der Waals surface area contributed by atoms with Crippen molar-refractivity contribution in [1.82, 2.24) is 4.90 Å². The average Bonchev–Trinajstić information content (AvgIpc) is 2.87. The van der Waals surface area contributed by atoms with Crippen LogP contribution in [0.3, 0.4) is 0 Å². The first-order valence-electron chi connectivity index (χ1n) is 13.6. The topological polar surface area (TPSA) is 66.8 Å². The van der Waals surface area contributed by atoms with Crippen LogP contribution in [0.1, 0.15) is 72.9 Å². The van der Waals surface area contributed by atoms with Gasteiger partial charge in [0.15, 0.2) is 6.29 Å². The van der Waals surface area contributed by atoms with Crippen LogP contribution in [-0.2, 0) is 17.4 Å². The van der Waals surface area contributed by atoms with Gasteiger partial charge in [-0.3, -0.25) is 9.59 Å². The molecule has 2 aromatic carbocycles. The Morgan fingerprint density at radius 2 is 1.70 bits per heavy atom. The zero-order valence-corrected chi connectivity index (χ0v) is 22.0. The number of hydrogen-bond donors (Lipinski definition) is 1. The number of halogens is 6. The largest absolute Gasteiger partial charge is 0.490 e. The number of aryl methyl sites for hydroxylation is 1. The molecule has 4 rings (SSSR count). The van der Waals surface area contributed by atoms with Gasteiger partial charge in [-0.1, -0.05) is 12.1 Å². The molecule has 11 heteroatoms. The number of piperidine rings is 1. The van der Waals surface area contributed by atoms with Gasteiger partial charge < -0.3 is 14.7 Å². The first kappa shape index (κ1) is 30.1. The van der Waals surface area contributed by atoms with E-state index in [2.05, 4.69) is 4.90 Å². The van der Waals surface area contributed by atoms with Crippen LogP contribution in [0.4, 0.5) is 26.3 Å². The normalized spacial score (nSPS) is 22.8. The maximum atomic E-state index is 14.2. The number of likely N-dealkylation sites (tertiary alicyclic amines) is 1. The third kappa shape index (κ3) is 7.27. The molecular formula is C29H33F6NO4. The standard InChI is InChI=1S/C29H33F6NO4/c30-28(31,32)20-6-8-21(9-7-20)40-25-12-11-22-23(27(25)29(33,34)35)10-5-19(24(22)17-37)4-2-14-36-13-1-3-18(16-36)15-26(38)39/h5,10-12,17-18,20-21H,1-4,6-9,13-16H2,(H,38,39). The Labute approximate surface area is 228 Å². The van der Waals surface area contributed by atoms with E-state index in [-0.39, 0.29) is 54.4 Å². The van der Waals surface area contributed by atoms with Crippen LogP contribution in [0.15, 0.2) is 24.3 Å². The summed E-state index contributed by atoms with van der Waals surface area (Å²) in [5, 5.41) is 9.02. The lowest BCUT2D eigenvalue weighted by Crippen LogP contribution is -2.37. The van der Waals surface area contributed by atoms with Gasteiger partial charge in [-0.25, -0.2) is 0 Å². The van der Waals surface area contributed by atoms with Gasteiger partial charge in [0.1, 0.15) is 11.3 Å². The van der Waals surface area contributed by atoms with Crippen molar-refractivity contribution in [3.63, 3.8) is 0 Å². The molecule has 5 nitrogen and oxygen atoms in total. The SMILES string of the molecule is O=Cc1c(CCCN2CCCC(CC(=O)O)C2)ccc2c(C(F)(F)F)c(OC3CCC(C(F)(F)F)CC3)ccc12. The number of ether oxygens (including phenoxy) is 1. The second-order valence-corrected chi connectivity index (χ2v) is 10.9. The lowest BCUT2D eigenvalue weighted by molar-refractivity contribution is -0.185. The molecule has 1 aliphatic carbocycles. The van der Waals surface area contributed by atoms with Crippen LogP contribution in [0.2, 0.25) is 0 Å². The molecular weight excluding hydrogens is 540 g/mol. The maximum absolute atomic E-state index is 14.2. The van der Waals surface area contributed by atoms with Crippen molar-refractivity contribution in [3.8, 4) is 5.75 Å². The molecule has 1 aliphatic heterocycles.